The number of nitrogens with one attached hydrogen (secondary N) is 1. The number of aromatic nitrogens is 2. The first-order valence-electron chi connectivity index (χ1n) is 3.06. The Kier molecular flexibility index (Phi) is 6.31. The van der Waals surface area contributed by atoms with Gasteiger partial charge in [-0.2, -0.15) is 0 Å². The summed E-state index contributed by atoms with van der Waals surface area (Å²) in [7, 11) is 0. The summed E-state index contributed by atoms with van der Waals surface area (Å²) in [5.41, 5.74) is 7.33. The fourth-order valence-corrected chi connectivity index (χ4v) is 0.973. The lowest BCUT2D eigenvalue weighted by molar-refractivity contribution is 0.824. The molecule has 0 bridgehead atoms. The van der Waals surface area contributed by atoms with Crippen LogP contribution < -0.4 is 5.73 Å². The molecule has 2 aromatic rings. The number of anilines is 1. The van der Waals surface area contributed by atoms with Crippen molar-refractivity contribution in [3.63, 3.8) is 0 Å². The minimum atomic E-state index is 0. The molecule has 5 N–H and O–H groups in total. The van der Waals surface area contributed by atoms with Crippen molar-refractivity contribution >= 4 is 41.8 Å². The smallest absolute Gasteiger partial charge is 0.198 e. The van der Waals surface area contributed by atoms with Gasteiger partial charge in [0.25, 0.3) is 0 Å². The maximum absolute atomic E-state index is 5.42. The highest BCUT2D eigenvalue weighted by atomic mass is 35.5. The molecule has 0 saturated carbocycles. The Morgan fingerprint density at radius 2 is 1.77 bits per heavy atom. The second kappa shape index (κ2) is 5.64. The Hall–Kier alpha value is -0.970. The lowest BCUT2D eigenvalue weighted by Gasteiger charge is -1.81. The van der Waals surface area contributed by atoms with Crippen molar-refractivity contribution in [2.24, 2.45) is 0 Å². The van der Waals surface area contributed by atoms with Gasteiger partial charge in [0.15, 0.2) is 5.95 Å². The third kappa shape index (κ3) is 2.77. The number of aromatic amines is 1. The minimum Gasteiger partial charge on any atom is -0.412 e. The Morgan fingerprint density at radius 1 is 1.15 bits per heavy atom. The summed E-state index contributed by atoms with van der Waals surface area (Å²) in [5, 5.41) is 0. The lowest BCUT2D eigenvalue weighted by atomic mass is 10.3. The maximum Gasteiger partial charge on any atom is 0.198 e. The average molecular weight is 224 g/mol. The molecule has 0 aliphatic carbocycles. The molecule has 13 heavy (non-hydrogen) atoms. The molecule has 1 heterocycles. The summed E-state index contributed by atoms with van der Waals surface area (Å²) in [5.74, 6) is 0.473. The van der Waals surface area contributed by atoms with E-state index in [0.29, 0.717) is 5.95 Å². The average Bonchev–Trinajstić information content (AvgIpc) is 2.27. The molecule has 4 nitrogen and oxygen atoms in total. The molecule has 0 aliphatic rings. The number of nitrogens with zero attached hydrogens (tertiary/aromatic N) is 1. The number of nitrogens with two attached hydrogens (primary N) is 1. The van der Waals surface area contributed by atoms with Crippen LogP contribution in [0.25, 0.3) is 11.0 Å². The van der Waals surface area contributed by atoms with Crippen LogP contribution in [0.15, 0.2) is 24.3 Å². The van der Waals surface area contributed by atoms with E-state index in [1.54, 1.807) is 0 Å². The first-order valence-corrected chi connectivity index (χ1v) is 3.06. The molecule has 0 amide bonds. The quantitative estimate of drug-likeness (QED) is 0.703. The van der Waals surface area contributed by atoms with Crippen molar-refractivity contribution in [1.29, 1.82) is 0 Å². The zero-order valence-electron chi connectivity index (χ0n) is 6.65. The molecule has 0 radical (unpaired) electrons. The molecule has 0 aliphatic heterocycles. The lowest BCUT2D eigenvalue weighted by Crippen LogP contribution is -1.84. The Labute approximate surface area is 87.7 Å². The molecule has 0 saturated heterocycles. The van der Waals surface area contributed by atoms with Crippen LogP contribution in [0.5, 0.6) is 0 Å². The standard InChI is InChI=1S/C7H7N3.2ClH.H2O/c8-7-9-5-3-1-2-4-6(5)10-7;;;/h1-4H,(H3,8,9,10);2*1H;1H2. The van der Waals surface area contributed by atoms with Gasteiger partial charge in [-0.25, -0.2) is 4.98 Å². The van der Waals surface area contributed by atoms with E-state index in [-0.39, 0.29) is 30.3 Å². The molecule has 74 valence electrons. The number of para-hydroxylation sites is 2. The van der Waals surface area contributed by atoms with Gasteiger partial charge in [-0.05, 0) is 12.1 Å². The van der Waals surface area contributed by atoms with Crippen LogP contribution >= 0.6 is 24.8 Å². The topological polar surface area (TPSA) is 86.2 Å². The third-order valence-electron chi connectivity index (χ3n) is 1.41. The fraction of sp³-hybridized carbons (Fsp3) is 0. The summed E-state index contributed by atoms with van der Waals surface area (Å²) in [4.78, 5) is 6.96. The van der Waals surface area contributed by atoms with E-state index >= 15 is 0 Å². The summed E-state index contributed by atoms with van der Waals surface area (Å²) < 4.78 is 0. The molecule has 0 spiro atoms. The van der Waals surface area contributed by atoms with Crippen molar-refractivity contribution < 1.29 is 5.48 Å². The monoisotopic (exact) mass is 223 g/mol. The van der Waals surface area contributed by atoms with Gasteiger partial charge >= 0.3 is 0 Å². The van der Waals surface area contributed by atoms with Crippen LogP contribution in [0, 0.1) is 0 Å². The Bertz CT molecular complexity index is 330. The summed E-state index contributed by atoms with van der Waals surface area (Å²) in [6.07, 6.45) is 0. The van der Waals surface area contributed by atoms with Crippen molar-refractivity contribution in [3.8, 4) is 0 Å². The number of nitrogen functional groups attached to an aromatic ring is 1. The van der Waals surface area contributed by atoms with Crippen LogP contribution in [-0.2, 0) is 0 Å². The highest BCUT2D eigenvalue weighted by molar-refractivity contribution is 5.85. The van der Waals surface area contributed by atoms with Gasteiger partial charge in [0.1, 0.15) is 0 Å². The second-order valence-electron chi connectivity index (χ2n) is 2.14. The van der Waals surface area contributed by atoms with Gasteiger partial charge in [0, 0.05) is 0 Å². The van der Waals surface area contributed by atoms with Crippen molar-refractivity contribution in [2.45, 2.75) is 0 Å². The van der Waals surface area contributed by atoms with Gasteiger partial charge < -0.3 is 16.2 Å². The van der Waals surface area contributed by atoms with Gasteiger partial charge in [-0.15, -0.1) is 24.8 Å². The van der Waals surface area contributed by atoms with Crippen molar-refractivity contribution in [1.82, 2.24) is 9.97 Å². The van der Waals surface area contributed by atoms with E-state index in [9.17, 15) is 0 Å². The molecule has 0 fully saturated rings. The molecule has 0 unspecified atom stereocenters. The van der Waals surface area contributed by atoms with Crippen molar-refractivity contribution in [2.75, 3.05) is 5.73 Å². The number of H-pyrrole nitrogens is 1. The zero-order chi connectivity index (χ0) is 6.97. The van der Waals surface area contributed by atoms with Crippen LogP contribution in [-0.4, -0.2) is 15.4 Å². The minimum absolute atomic E-state index is 0. The van der Waals surface area contributed by atoms with Crippen LogP contribution in [0.2, 0.25) is 0 Å². The normalized spacial score (nSPS) is 8.00. The van der Waals surface area contributed by atoms with Gasteiger partial charge in [-0.1, -0.05) is 12.1 Å². The summed E-state index contributed by atoms with van der Waals surface area (Å²) in [6.45, 7) is 0. The van der Waals surface area contributed by atoms with Crippen LogP contribution in [0.1, 0.15) is 0 Å². The van der Waals surface area contributed by atoms with E-state index < -0.39 is 0 Å². The molecule has 1 aromatic heterocycles. The Morgan fingerprint density at radius 3 is 2.38 bits per heavy atom. The van der Waals surface area contributed by atoms with E-state index in [2.05, 4.69) is 9.97 Å². The second-order valence-corrected chi connectivity index (χ2v) is 2.14. The molecule has 2 rings (SSSR count). The third-order valence-corrected chi connectivity index (χ3v) is 1.41. The zero-order valence-corrected chi connectivity index (χ0v) is 8.28. The molecule has 6 heteroatoms. The van der Waals surface area contributed by atoms with E-state index in [1.165, 1.54) is 0 Å². The number of hydrogen-bond acceptors (Lipinski definition) is 2. The SMILES string of the molecule is Cl.Cl.Nc1nc2ccccc2[nH]1.O. The maximum atomic E-state index is 5.42. The predicted molar refractivity (Wildman–Crippen MR) is 58.6 cm³/mol. The fourth-order valence-electron chi connectivity index (χ4n) is 0.973. The number of fused-ring (bicyclic) bond motifs is 1. The van der Waals surface area contributed by atoms with E-state index in [0.717, 1.165) is 11.0 Å². The number of rotatable bonds is 0. The number of hydrogen-bond donors (Lipinski definition) is 2. The molecular weight excluding hydrogens is 213 g/mol. The Balaban J connectivity index is 0. The first-order chi connectivity index (χ1) is 4.86. The van der Waals surface area contributed by atoms with Gasteiger partial charge in [0.2, 0.25) is 0 Å². The van der Waals surface area contributed by atoms with Crippen LogP contribution in [0.3, 0.4) is 0 Å². The van der Waals surface area contributed by atoms with E-state index in [4.69, 9.17) is 5.73 Å². The predicted octanol–water partition coefficient (Wildman–Crippen LogP) is 1.16. The first kappa shape index (κ1) is 14.5. The number of halogens is 2. The van der Waals surface area contributed by atoms with Crippen LogP contribution in [0.4, 0.5) is 5.95 Å². The highest BCUT2D eigenvalue weighted by Crippen LogP contribution is 2.10. The van der Waals surface area contributed by atoms with E-state index in [1.807, 2.05) is 24.3 Å². The number of imidazole rings is 1. The molecular formula is C7H11Cl2N3O. The summed E-state index contributed by atoms with van der Waals surface area (Å²) >= 11 is 0. The van der Waals surface area contributed by atoms with Gasteiger partial charge in [-0.3, -0.25) is 0 Å². The highest BCUT2D eigenvalue weighted by Gasteiger charge is 1.94. The molecule has 0 atom stereocenters. The molecule has 1 aromatic carbocycles. The van der Waals surface area contributed by atoms with Crippen molar-refractivity contribution in [3.05, 3.63) is 24.3 Å². The number of benzene rings is 1. The van der Waals surface area contributed by atoms with Gasteiger partial charge in [0.05, 0.1) is 11.0 Å². The summed E-state index contributed by atoms with van der Waals surface area (Å²) in [6, 6.07) is 7.74. The largest absolute Gasteiger partial charge is 0.412 e.